The van der Waals surface area contributed by atoms with Gasteiger partial charge >= 0.3 is 0 Å². The van der Waals surface area contributed by atoms with Gasteiger partial charge in [-0.2, -0.15) is 5.10 Å². The first kappa shape index (κ1) is 15.5. The van der Waals surface area contributed by atoms with E-state index in [1.54, 1.807) is 0 Å². The van der Waals surface area contributed by atoms with Gasteiger partial charge in [0.2, 0.25) is 0 Å². The fourth-order valence-electron chi connectivity index (χ4n) is 3.13. The van der Waals surface area contributed by atoms with Crippen LogP contribution in [0.15, 0.2) is 12.4 Å². The molecule has 0 bridgehead atoms. The van der Waals surface area contributed by atoms with Gasteiger partial charge in [-0.3, -0.25) is 4.68 Å². The summed E-state index contributed by atoms with van der Waals surface area (Å²) < 4.78 is 1.87. The molecule has 20 heavy (non-hydrogen) atoms. The number of aryl methyl sites for hydroxylation is 1. The molecule has 1 N–H and O–H groups in total. The van der Waals surface area contributed by atoms with Gasteiger partial charge < -0.3 is 10.2 Å². The average molecular weight is 278 g/mol. The van der Waals surface area contributed by atoms with Crippen molar-refractivity contribution in [2.75, 3.05) is 20.1 Å². The minimum atomic E-state index is 0.392. The summed E-state index contributed by atoms with van der Waals surface area (Å²) in [5, 5.41) is 7.81. The van der Waals surface area contributed by atoms with E-state index in [9.17, 15) is 0 Å². The highest BCUT2D eigenvalue weighted by Crippen LogP contribution is 2.21. The van der Waals surface area contributed by atoms with Gasteiger partial charge in [0.05, 0.1) is 6.20 Å². The molecule has 0 saturated heterocycles. The third-order valence-corrected chi connectivity index (χ3v) is 4.56. The van der Waals surface area contributed by atoms with Gasteiger partial charge in [-0.25, -0.2) is 0 Å². The Hall–Kier alpha value is -0.870. The Morgan fingerprint density at radius 3 is 2.80 bits per heavy atom. The van der Waals surface area contributed by atoms with E-state index in [0.717, 1.165) is 12.6 Å². The van der Waals surface area contributed by atoms with Gasteiger partial charge in [0.15, 0.2) is 0 Å². The van der Waals surface area contributed by atoms with Gasteiger partial charge in [0.1, 0.15) is 0 Å². The molecule has 4 nitrogen and oxygen atoms in total. The molecule has 1 saturated carbocycles. The first-order valence-corrected chi connectivity index (χ1v) is 8.09. The highest BCUT2D eigenvalue weighted by atomic mass is 15.2. The first-order chi connectivity index (χ1) is 9.66. The topological polar surface area (TPSA) is 33.1 Å². The molecule has 1 unspecified atom stereocenters. The van der Waals surface area contributed by atoms with E-state index in [-0.39, 0.29) is 0 Å². The lowest BCUT2D eigenvalue weighted by Gasteiger charge is -2.31. The molecular weight excluding hydrogens is 248 g/mol. The van der Waals surface area contributed by atoms with Crippen LogP contribution in [0.5, 0.6) is 0 Å². The lowest BCUT2D eigenvalue weighted by Crippen LogP contribution is -2.35. The van der Waals surface area contributed by atoms with Crippen molar-refractivity contribution >= 4 is 0 Å². The smallest absolute Gasteiger partial charge is 0.0537 e. The Morgan fingerprint density at radius 2 is 2.15 bits per heavy atom. The van der Waals surface area contributed by atoms with Crippen molar-refractivity contribution in [3.63, 3.8) is 0 Å². The molecule has 1 atom stereocenters. The van der Waals surface area contributed by atoms with Crippen LogP contribution in [0.1, 0.15) is 57.1 Å². The zero-order valence-corrected chi connectivity index (χ0v) is 13.3. The molecule has 1 fully saturated rings. The lowest BCUT2D eigenvalue weighted by atomic mass is 9.94. The average Bonchev–Trinajstić information content (AvgIpc) is 2.91. The van der Waals surface area contributed by atoms with E-state index in [2.05, 4.69) is 35.5 Å². The summed E-state index contributed by atoms with van der Waals surface area (Å²) in [7, 11) is 4.26. The van der Waals surface area contributed by atoms with Crippen LogP contribution >= 0.6 is 0 Å². The van der Waals surface area contributed by atoms with Crippen molar-refractivity contribution < 1.29 is 0 Å². The zero-order valence-electron chi connectivity index (χ0n) is 13.3. The molecule has 0 amide bonds. The van der Waals surface area contributed by atoms with Crippen molar-refractivity contribution in [1.29, 1.82) is 0 Å². The third-order valence-electron chi connectivity index (χ3n) is 4.56. The van der Waals surface area contributed by atoms with E-state index in [4.69, 9.17) is 0 Å². The predicted octanol–water partition coefficient (Wildman–Crippen LogP) is 2.73. The molecule has 1 aromatic rings. The lowest BCUT2D eigenvalue weighted by molar-refractivity contribution is 0.189. The van der Waals surface area contributed by atoms with Gasteiger partial charge in [-0.1, -0.05) is 19.3 Å². The highest BCUT2D eigenvalue weighted by Gasteiger charge is 2.17. The van der Waals surface area contributed by atoms with Gasteiger partial charge in [0, 0.05) is 30.9 Å². The molecule has 1 heterocycles. The largest absolute Gasteiger partial charge is 0.310 e. The molecule has 0 aliphatic heterocycles. The van der Waals surface area contributed by atoms with Crippen LogP contribution in [0.3, 0.4) is 0 Å². The van der Waals surface area contributed by atoms with Gasteiger partial charge in [-0.05, 0) is 46.3 Å². The maximum atomic E-state index is 4.22. The summed E-state index contributed by atoms with van der Waals surface area (Å²) in [5.41, 5.74) is 1.27. The van der Waals surface area contributed by atoms with E-state index in [1.165, 1.54) is 50.6 Å². The minimum Gasteiger partial charge on any atom is -0.310 e. The molecule has 0 spiro atoms. The van der Waals surface area contributed by atoms with Crippen LogP contribution < -0.4 is 5.32 Å². The molecule has 1 aliphatic carbocycles. The third kappa shape index (κ3) is 4.60. The standard InChI is InChI=1S/C16H30N4/c1-14(15-12-18-20(3)13-15)17-10-7-11-19(2)16-8-5-4-6-9-16/h12-14,16-17H,4-11H2,1-3H3. The van der Waals surface area contributed by atoms with Crippen LogP contribution in [0.2, 0.25) is 0 Å². The fourth-order valence-corrected chi connectivity index (χ4v) is 3.13. The molecule has 114 valence electrons. The number of aromatic nitrogens is 2. The van der Waals surface area contributed by atoms with Crippen LogP contribution in [-0.2, 0) is 7.05 Å². The second kappa shape index (κ2) is 7.79. The van der Waals surface area contributed by atoms with Gasteiger partial charge in [-0.15, -0.1) is 0 Å². The number of nitrogens with one attached hydrogen (secondary N) is 1. The van der Waals surface area contributed by atoms with Crippen LogP contribution in [0, 0.1) is 0 Å². The first-order valence-electron chi connectivity index (χ1n) is 8.09. The molecule has 0 aromatic carbocycles. The van der Waals surface area contributed by atoms with E-state index >= 15 is 0 Å². The normalized spacial score (nSPS) is 18.6. The second-order valence-corrected chi connectivity index (χ2v) is 6.25. The highest BCUT2D eigenvalue weighted by molar-refractivity contribution is 5.08. The Morgan fingerprint density at radius 1 is 1.40 bits per heavy atom. The Bertz CT molecular complexity index is 382. The molecule has 1 aliphatic rings. The fraction of sp³-hybridized carbons (Fsp3) is 0.812. The van der Waals surface area contributed by atoms with E-state index in [0.29, 0.717) is 6.04 Å². The van der Waals surface area contributed by atoms with Crippen molar-refractivity contribution in [3.8, 4) is 0 Å². The summed E-state index contributed by atoms with van der Waals surface area (Å²) in [5.74, 6) is 0. The number of hydrogen-bond acceptors (Lipinski definition) is 3. The molecular formula is C16H30N4. The molecule has 4 heteroatoms. The van der Waals surface area contributed by atoms with Crippen LogP contribution in [-0.4, -0.2) is 40.9 Å². The zero-order chi connectivity index (χ0) is 14.4. The Balaban J connectivity index is 1.61. The molecule has 0 radical (unpaired) electrons. The summed E-state index contributed by atoms with van der Waals surface area (Å²) in [4.78, 5) is 2.57. The number of rotatable bonds is 7. The maximum Gasteiger partial charge on any atom is 0.0537 e. The Labute approximate surface area is 123 Å². The monoisotopic (exact) mass is 278 g/mol. The molecule has 2 rings (SSSR count). The SMILES string of the molecule is CC(NCCCN(C)C1CCCCC1)c1cnn(C)c1. The number of hydrogen-bond donors (Lipinski definition) is 1. The van der Waals surface area contributed by atoms with Crippen molar-refractivity contribution in [3.05, 3.63) is 18.0 Å². The van der Waals surface area contributed by atoms with Crippen molar-refractivity contribution in [2.45, 2.75) is 57.5 Å². The molecule has 1 aromatic heterocycles. The van der Waals surface area contributed by atoms with E-state index < -0.39 is 0 Å². The summed E-state index contributed by atoms with van der Waals surface area (Å²) >= 11 is 0. The summed E-state index contributed by atoms with van der Waals surface area (Å²) in [6.07, 6.45) is 12.3. The van der Waals surface area contributed by atoms with Gasteiger partial charge in [0.25, 0.3) is 0 Å². The quantitative estimate of drug-likeness (QED) is 0.779. The summed E-state index contributed by atoms with van der Waals surface area (Å²) in [6.45, 7) is 4.49. The van der Waals surface area contributed by atoms with Crippen LogP contribution in [0.25, 0.3) is 0 Å². The minimum absolute atomic E-state index is 0.392. The van der Waals surface area contributed by atoms with Crippen molar-refractivity contribution in [2.24, 2.45) is 7.05 Å². The van der Waals surface area contributed by atoms with Crippen molar-refractivity contribution in [1.82, 2.24) is 20.0 Å². The second-order valence-electron chi connectivity index (χ2n) is 6.25. The van der Waals surface area contributed by atoms with E-state index in [1.807, 2.05) is 17.9 Å². The predicted molar refractivity (Wildman–Crippen MR) is 83.7 cm³/mol. The number of nitrogens with zero attached hydrogens (tertiary/aromatic N) is 3. The maximum absolute atomic E-state index is 4.22. The summed E-state index contributed by atoms with van der Waals surface area (Å²) in [6, 6.07) is 1.23. The van der Waals surface area contributed by atoms with Crippen LogP contribution in [0.4, 0.5) is 0 Å². The Kier molecular flexibility index (Phi) is 6.05.